The fourth-order valence-electron chi connectivity index (χ4n) is 2.60. The molecule has 1 N–H and O–H groups in total. The molecule has 0 unspecified atom stereocenters. The minimum atomic E-state index is -3.96. The number of nitrogens with one attached hydrogen (secondary N) is 1. The molecule has 0 atom stereocenters. The van der Waals surface area contributed by atoms with E-state index in [4.69, 9.17) is 4.74 Å². The van der Waals surface area contributed by atoms with Gasteiger partial charge in [-0.05, 0) is 42.5 Å². The van der Waals surface area contributed by atoms with Crippen LogP contribution in [0.25, 0.3) is 0 Å². The van der Waals surface area contributed by atoms with Crippen LogP contribution in [-0.2, 0) is 20.0 Å². The highest BCUT2D eigenvalue weighted by Gasteiger charge is 2.26. The molecule has 8 nitrogen and oxygen atoms in total. The number of hydrogen-bond donors (Lipinski definition) is 1. The highest BCUT2D eigenvalue weighted by Crippen LogP contribution is 2.34. The second-order valence-corrected chi connectivity index (χ2v) is 9.61. The van der Waals surface area contributed by atoms with Crippen LogP contribution in [0.5, 0.6) is 5.75 Å². The third kappa shape index (κ3) is 4.33. The summed E-state index contributed by atoms with van der Waals surface area (Å²) in [5.41, 5.74) is 0.427. The van der Waals surface area contributed by atoms with Gasteiger partial charge in [-0.25, -0.2) is 16.8 Å². The Labute approximate surface area is 169 Å². The molecule has 0 radical (unpaired) electrons. The first kappa shape index (κ1) is 20.6. The van der Waals surface area contributed by atoms with E-state index in [1.54, 1.807) is 18.2 Å². The van der Waals surface area contributed by atoms with E-state index in [0.29, 0.717) is 5.69 Å². The number of ether oxygens (including phenoxy) is 1. The average molecular weight is 434 g/mol. The predicted molar refractivity (Wildman–Crippen MR) is 110 cm³/mol. The van der Waals surface area contributed by atoms with Crippen LogP contribution < -0.4 is 13.8 Å². The van der Waals surface area contributed by atoms with E-state index in [0.717, 1.165) is 4.31 Å². The monoisotopic (exact) mass is 433 g/mol. The van der Waals surface area contributed by atoms with Crippen LogP contribution in [0.4, 0.5) is 11.4 Å². The van der Waals surface area contributed by atoms with Crippen molar-refractivity contribution in [1.82, 2.24) is 4.98 Å². The number of nitrogens with zero attached hydrogens (tertiary/aromatic N) is 2. The quantitative estimate of drug-likeness (QED) is 0.614. The van der Waals surface area contributed by atoms with Gasteiger partial charge < -0.3 is 4.74 Å². The molecule has 1 heterocycles. The largest absolute Gasteiger partial charge is 0.495 e. The first-order valence-electron chi connectivity index (χ1n) is 8.40. The number of sulfonamides is 2. The normalized spacial score (nSPS) is 11.7. The molecule has 1 aromatic heterocycles. The van der Waals surface area contributed by atoms with Crippen LogP contribution >= 0.6 is 0 Å². The molecule has 3 rings (SSSR count). The van der Waals surface area contributed by atoms with Crippen LogP contribution in [-0.4, -0.2) is 36.0 Å². The molecular formula is C19H19N3O5S2. The summed E-state index contributed by atoms with van der Waals surface area (Å²) < 4.78 is 60.1. The minimum Gasteiger partial charge on any atom is -0.495 e. The van der Waals surface area contributed by atoms with Crippen molar-refractivity contribution in [2.75, 3.05) is 23.2 Å². The predicted octanol–water partition coefficient (Wildman–Crippen LogP) is 2.72. The van der Waals surface area contributed by atoms with Crippen molar-refractivity contribution in [3.8, 4) is 5.75 Å². The average Bonchev–Trinajstić information content (AvgIpc) is 2.73. The summed E-state index contributed by atoms with van der Waals surface area (Å²) >= 11 is 0. The Morgan fingerprint density at radius 1 is 0.897 bits per heavy atom. The standard InChI is InChI=1S/C19H19N3O5S2/c1-22(29(25,26)16-6-4-3-5-7-16)18-14-17(8-9-19(18)27-2)28(23,24)21-15-10-12-20-13-11-15/h3-14H,1-2H3,(H,20,21). The van der Waals surface area contributed by atoms with Gasteiger partial charge in [0.1, 0.15) is 5.75 Å². The van der Waals surface area contributed by atoms with Crippen molar-refractivity contribution >= 4 is 31.4 Å². The number of hydrogen-bond acceptors (Lipinski definition) is 6. The molecule has 0 aliphatic carbocycles. The Hall–Kier alpha value is -3.11. The van der Waals surface area contributed by atoms with Crippen molar-refractivity contribution < 1.29 is 21.6 Å². The van der Waals surface area contributed by atoms with Gasteiger partial charge in [0.25, 0.3) is 20.0 Å². The fourth-order valence-corrected chi connectivity index (χ4v) is 4.89. The lowest BCUT2D eigenvalue weighted by Gasteiger charge is -2.22. The lowest BCUT2D eigenvalue weighted by atomic mass is 10.3. The Morgan fingerprint density at radius 2 is 1.55 bits per heavy atom. The smallest absolute Gasteiger partial charge is 0.264 e. The van der Waals surface area contributed by atoms with E-state index in [9.17, 15) is 16.8 Å². The highest BCUT2D eigenvalue weighted by molar-refractivity contribution is 7.93. The van der Waals surface area contributed by atoms with Gasteiger partial charge in [0.2, 0.25) is 0 Å². The van der Waals surface area contributed by atoms with Crippen LogP contribution in [0, 0.1) is 0 Å². The summed E-state index contributed by atoms with van der Waals surface area (Å²) in [5.74, 6) is 0.217. The summed E-state index contributed by atoms with van der Waals surface area (Å²) in [6, 6.07) is 14.9. The van der Waals surface area contributed by atoms with Gasteiger partial charge in [0.15, 0.2) is 0 Å². The fraction of sp³-hybridized carbons (Fsp3) is 0.105. The van der Waals surface area contributed by atoms with E-state index in [1.165, 1.54) is 69.0 Å². The third-order valence-electron chi connectivity index (χ3n) is 4.13. The summed E-state index contributed by atoms with van der Waals surface area (Å²) in [6.07, 6.45) is 2.91. The van der Waals surface area contributed by atoms with Gasteiger partial charge >= 0.3 is 0 Å². The molecule has 2 aromatic carbocycles. The SMILES string of the molecule is COc1ccc(S(=O)(=O)Nc2ccncc2)cc1N(C)S(=O)(=O)c1ccccc1. The van der Waals surface area contributed by atoms with Gasteiger partial charge in [0, 0.05) is 19.4 Å². The number of aromatic nitrogens is 1. The zero-order valence-corrected chi connectivity index (χ0v) is 17.3. The third-order valence-corrected chi connectivity index (χ3v) is 7.30. The topological polar surface area (TPSA) is 106 Å². The van der Waals surface area contributed by atoms with Crippen molar-refractivity contribution in [3.63, 3.8) is 0 Å². The van der Waals surface area contributed by atoms with Crippen LogP contribution in [0.1, 0.15) is 0 Å². The Balaban J connectivity index is 2.04. The number of benzene rings is 2. The van der Waals surface area contributed by atoms with E-state index in [-0.39, 0.29) is 21.2 Å². The van der Waals surface area contributed by atoms with Gasteiger partial charge in [-0.2, -0.15) is 0 Å². The van der Waals surface area contributed by atoms with Gasteiger partial charge in [-0.1, -0.05) is 18.2 Å². The molecule has 29 heavy (non-hydrogen) atoms. The van der Waals surface area contributed by atoms with Crippen molar-refractivity contribution in [1.29, 1.82) is 0 Å². The van der Waals surface area contributed by atoms with E-state index < -0.39 is 20.0 Å². The molecule has 152 valence electrons. The summed E-state index contributed by atoms with van der Waals surface area (Å²) in [7, 11) is -5.15. The molecule has 0 aliphatic heterocycles. The Morgan fingerprint density at radius 3 is 2.17 bits per heavy atom. The van der Waals surface area contributed by atoms with Crippen molar-refractivity contribution in [2.24, 2.45) is 0 Å². The second kappa shape index (κ2) is 8.10. The van der Waals surface area contributed by atoms with Crippen LogP contribution in [0.3, 0.4) is 0 Å². The zero-order chi connectivity index (χ0) is 21.1. The van der Waals surface area contributed by atoms with Crippen LogP contribution in [0.15, 0.2) is 82.8 Å². The summed E-state index contributed by atoms with van der Waals surface area (Å²) in [6.45, 7) is 0. The molecule has 0 saturated heterocycles. The van der Waals surface area contributed by atoms with Crippen molar-refractivity contribution in [2.45, 2.75) is 9.79 Å². The molecule has 0 aliphatic rings. The Bertz CT molecular complexity index is 1200. The van der Waals surface area contributed by atoms with Gasteiger partial charge in [-0.15, -0.1) is 0 Å². The highest BCUT2D eigenvalue weighted by atomic mass is 32.2. The van der Waals surface area contributed by atoms with E-state index in [2.05, 4.69) is 9.71 Å². The second-order valence-electron chi connectivity index (χ2n) is 5.96. The van der Waals surface area contributed by atoms with E-state index >= 15 is 0 Å². The van der Waals surface area contributed by atoms with Crippen molar-refractivity contribution in [3.05, 3.63) is 73.1 Å². The first-order valence-corrected chi connectivity index (χ1v) is 11.3. The Kier molecular flexibility index (Phi) is 5.76. The molecule has 0 bridgehead atoms. The first-order chi connectivity index (χ1) is 13.8. The van der Waals surface area contributed by atoms with Gasteiger partial charge in [-0.3, -0.25) is 14.0 Å². The molecule has 0 saturated carbocycles. The van der Waals surface area contributed by atoms with Gasteiger partial charge in [0.05, 0.1) is 28.3 Å². The molecule has 10 heteroatoms. The molecule has 3 aromatic rings. The maximum atomic E-state index is 13.0. The van der Waals surface area contributed by atoms with Crippen LogP contribution in [0.2, 0.25) is 0 Å². The summed E-state index contributed by atoms with van der Waals surface area (Å²) in [4.78, 5) is 3.80. The number of rotatable bonds is 7. The lowest BCUT2D eigenvalue weighted by Crippen LogP contribution is -2.27. The molecular weight excluding hydrogens is 414 g/mol. The van der Waals surface area contributed by atoms with E-state index in [1.807, 2.05) is 0 Å². The number of anilines is 2. The number of methoxy groups -OCH3 is 1. The molecule has 0 fully saturated rings. The molecule has 0 spiro atoms. The molecule has 0 amide bonds. The minimum absolute atomic E-state index is 0.0766. The lowest BCUT2D eigenvalue weighted by molar-refractivity contribution is 0.415. The summed E-state index contributed by atoms with van der Waals surface area (Å²) in [5, 5.41) is 0. The number of pyridine rings is 1. The zero-order valence-electron chi connectivity index (χ0n) is 15.7. The maximum absolute atomic E-state index is 13.0. The maximum Gasteiger partial charge on any atom is 0.264 e.